The normalized spacial score (nSPS) is 16.6. The zero-order chi connectivity index (χ0) is 17.1. The largest absolute Gasteiger partial charge is 0.305 e. The number of anilines is 1. The van der Waals surface area contributed by atoms with Crippen LogP contribution in [-0.4, -0.2) is 12.2 Å². The van der Waals surface area contributed by atoms with Gasteiger partial charge in [0.15, 0.2) is 12.0 Å². The summed E-state index contributed by atoms with van der Waals surface area (Å²) in [5.74, 6) is 0.738. The first kappa shape index (κ1) is 15.8. The van der Waals surface area contributed by atoms with Crippen molar-refractivity contribution in [2.24, 2.45) is 9.98 Å². The molecule has 3 aromatic rings. The van der Waals surface area contributed by atoms with E-state index in [1.165, 1.54) is 0 Å². The van der Waals surface area contributed by atoms with Crippen LogP contribution in [0, 0.1) is 0 Å². The molecule has 0 aromatic heterocycles. The summed E-state index contributed by atoms with van der Waals surface area (Å²) in [6.45, 7) is 0. The molecule has 1 aliphatic heterocycles. The van der Waals surface area contributed by atoms with Crippen LogP contribution in [0.25, 0.3) is 0 Å². The molecule has 0 amide bonds. The molecule has 1 heterocycles. The Labute approximate surface area is 155 Å². The van der Waals surface area contributed by atoms with Gasteiger partial charge in [0.2, 0.25) is 0 Å². The highest BCUT2D eigenvalue weighted by atomic mass is 79.9. The first-order valence-electron chi connectivity index (χ1n) is 8.07. The Balaban J connectivity index is 1.78. The Morgan fingerprint density at radius 3 is 2.24 bits per heavy atom. The zero-order valence-corrected chi connectivity index (χ0v) is 15.0. The molecule has 3 aromatic carbocycles. The Morgan fingerprint density at radius 2 is 1.52 bits per heavy atom. The molecule has 122 valence electrons. The Hall–Kier alpha value is -2.72. The summed E-state index contributed by atoms with van der Waals surface area (Å²) in [5, 5.41) is 0. The highest BCUT2D eigenvalue weighted by Crippen LogP contribution is 2.30. The molecule has 0 saturated heterocycles. The third-order valence-corrected chi connectivity index (χ3v) is 4.54. The van der Waals surface area contributed by atoms with Gasteiger partial charge in [-0.15, -0.1) is 0 Å². The quantitative estimate of drug-likeness (QED) is 0.585. The monoisotopic (exact) mass is 389 g/mol. The van der Waals surface area contributed by atoms with Crippen LogP contribution < -0.4 is 4.90 Å². The second kappa shape index (κ2) is 7.03. The van der Waals surface area contributed by atoms with Gasteiger partial charge in [-0.25, -0.2) is 9.98 Å². The van der Waals surface area contributed by atoms with E-state index in [4.69, 9.17) is 4.99 Å². The van der Waals surface area contributed by atoms with E-state index in [0.717, 1.165) is 27.1 Å². The molecule has 1 unspecified atom stereocenters. The molecule has 0 spiro atoms. The topological polar surface area (TPSA) is 28.0 Å². The van der Waals surface area contributed by atoms with Crippen LogP contribution in [-0.2, 0) is 0 Å². The van der Waals surface area contributed by atoms with Gasteiger partial charge >= 0.3 is 0 Å². The average molecular weight is 390 g/mol. The minimum absolute atomic E-state index is 0.143. The number of rotatable bonds is 3. The number of nitrogens with zero attached hydrogens (tertiary/aromatic N) is 3. The van der Waals surface area contributed by atoms with Crippen LogP contribution in [0.4, 0.5) is 5.69 Å². The van der Waals surface area contributed by atoms with Crippen molar-refractivity contribution < 1.29 is 0 Å². The van der Waals surface area contributed by atoms with E-state index in [-0.39, 0.29) is 6.17 Å². The van der Waals surface area contributed by atoms with Gasteiger partial charge in [-0.1, -0.05) is 76.6 Å². The van der Waals surface area contributed by atoms with Crippen LogP contribution in [0.3, 0.4) is 0 Å². The second-order valence-corrected chi connectivity index (χ2v) is 6.65. The zero-order valence-electron chi connectivity index (χ0n) is 13.5. The maximum atomic E-state index is 4.95. The number of amidine groups is 1. The molecular formula is C21H16BrN3. The van der Waals surface area contributed by atoms with Gasteiger partial charge in [-0.2, -0.15) is 0 Å². The van der Waals surface area contributed by atoms with Gasteiger partial charge in [-0.05, 0) is 29.8 Å². The number of aliphatic imine (C=N–C) groups is 2. The number of halogens is 1. The van der Waals surface area contributed by atoms with E-state index in [2.05, 4.69) is 50.1 Å². The molecule has 0 aliphatic carbocycles. The summed E-state index contributed by atoms with van der Waals surface area (Å²) >= 11 is 3.52. The lowest BCUT2D eigenvalue weighted by atomic mass is 10.1. The average Bonchev–Trinajstić information content (AvgIpc) is 2.69. The summed E-state index contributed by atoms with van der Waals surface area (Å²) in [6.07, 6.45) is 1.73. The summed E-state index contributed by atoms with van der Waals surface area (Å²) in [4.78, 5) is 11.6. The Bertz CT molecular complexity index is 920. The van der Waals surface area contributed by atoms with Crippen LogP contribution in [0.15, 0.2) is 99.4 Å². The minimum Gasteiger partial charge on any atom is -0.305 e. The molecule has 4 heteroatoms. The first-order chi connectivity index (χ1) is 12.3. The predicted octanol–water partition coefficient (Wildman–Crippen LogP) is 5.44. The summed E-state index contributed by atoms with van der Waals surface area (Å²) < 4.78 is 1.02. The number of para-hydroxylation sites is 1. The lowest BCUT2D eigenvalue weighted by Crippen LogP contribution is -2.30. The van der Waals surface area contributed by atoms with Gasteiger partial charge in [0, 0.05) is 15.7 Å². The van der Waals surface area contributed by atoms with Gasteiger partial charge in [0.05, 0.1) is 6.34 Å². The molecular weight excluding hydrogens is 374 g/mol. The summed E-state index contributed by atoms with van der Waals surface area (Å²) in [5.41, 5.74) is 3.20. The third kappa shape index (κ3) is 3.39. The van der Waals surface area contributed by atoms with Crippen LogP contribution in [0.1, 0.15) is 17.3 Å². The fourth-order valence-corrected chi connectivity index (χ4v) is 3.24. The Morgan fingerprint density at radius 1 is 0.800 bits per heavy atom. The van der Waals surface area contributed by atoms with E-state index in [9.17, 15) is 0 Å². The lowest BCUT2D eigenvalue weighted by Gasteiger charge is -2.30. The molecule has 1 aliphatic rings. The van der Waals surface area contributed by atoms with E-state index in [1.54, 1.807) is 0 Å². The van der Waals surface area contributed by atoms with Crippen molar-refractivity contribution in [2.75, 3.05) is 4.90 Å². The van der Waals surface area contributed by atoms with Crippen LogP contribution >= 0.6 is 15.9 Å². The minimum atomic E-state index is -0.143. The fraction of sp³-hybridized carbons (Fsp3) is 0.0476. The highest BCUT2D eigenvalue weighted by Gasteiger charge is 2.23. The van der Waals surface area contributed by atoms with Crippen molar-refractivity contribution in [3.8, 4) is 0 Å². The van der Waals surface area contributed by atoms with Gasteiger partial charge in [0.25, 0.3) is 0 Å². The number of benzene rings is 3. The molecule has 0 saturated carbocycles. The summed E-state index contributed by atoms with van der Waals surface area (Å²) in [6, 6.07) is 28.6. The van der Waals surface area contributed by atoms with Gasteiger partial charge < -0.3 is 4.90 Å². The van der Waals surface area contributed by atoms with Crippen LogP contribution in [0.5, 0.6) is 0 Å². The molecule has 25 heavy (non-hydrogen) atoms. The maximum Gasteiger partial charge on any atom is 0.158 e. The number of hydrogen-bond acceptors (Lipinski definition) is 3. The molecule has 0 fully saturated rings. The third-order valence-electron chi connectivity index (χ3n) is 4.05. The molecule has 4 rings (SSSR count). The SMILES string of the molecule is Brc1cccc(C2=NC(c3ccccc3)N(c3ccccc3)C=N2)c1. The lowest BCUT2D eigenvalue weighted by molar-refractivity contribution is 0.752. The van der Waals surface area contributed by atoms with Crippen molar-refractivity contribution >= 4 is 33.8 Å². The predicted molar refractivity (Wildman–Crippen MR) is 107 cm³/mol. The molecule has 3 nitrogen and oxygen atoms in total. The van der Waals surface area contributed by atoms with Crippen molar-refractivity contribution in [3.63, 3.8) is 0 Å². The van der Waals surface area contributed by atoms with Crippen molar-refractivity contribution in [2.45, 2.75) is 6.17 Å². The maximum absolute atomic E-state index is 4.95. The smallest absolute Gasteiger partial charge is 0.158 e. The number of hydrogen-bond donors (Lipinski definition) is 0. The van der Waals surface area contributed by atoms with Gasteiger partial charge in [-0.3, -0.25) is 0 Å². The van der Waals surface area contributed by atoms with Crippen LogP contribution in [0.2, 0.25) is 0 Å². The molecule has 0 radical (unpaired) electrons. The first-order valence-corrected chi connectivity index (χ1v) is 8.87. The second-order valence-electron chi connectivity index (χ2n) is 5.73. The molecule has 0 bridgehead atoms. The van der Waals surface area contributed by atoms with Crippen molar-refractivity contribution in [3.05, 3.63) is 101 Å². The fourth-order valence-electron chi connectivity index (χ4n) is 2.84. The van der Waals surface area contributed by atoms with E-state index in [0.29, 0.717) is 0 Å². The molecule has 1 atom stereocenters. The van der Waals surface area contributed by atoms with E-state index >= 15 is 0 Å². The van der Waals surface area contributed by atoms with Gasteiger partial charge in [0.1, 0.15) is 0 Å². The van der Waals surface area contributed by atoms with E-state index in [1.807, 2.05) is 67.0 Å². The van der Waals surface area contributed by atoms with Crippen molar-refractivity contribution in [1.29, 1.82) is 0 Å². The standard InChI is InChI=1S/C21H16BrN3/c22-18-11-7-10-17(14-18)20-23-15-25(19-12-5-2-6-13-19)21(24-20)16-8-3-1-4-9-16/h1-15,21H. The van der Waals surface area contributed by atoms with E-state index < -0.39 is 0 Å². The summed E-state index contributed by atoms with van der Waals surface area (Å²) in [7, 11) is 0. The molecule has 0 N–H and O–H groups in total. The Kier molecular flexibility index (Phi) is 4.44. The van der Waals surface area contributed by atoms with Crippen molar-refractivity contribution in [1.82, 2.24) is 0 Å². The highest BCUT2D eigenvalue weighted by molar-refractivity contribution is 9.10.